The zero-order valence-corrected chi connectivity index (χ0v) is 23.3. The third kappa shape index (κ3) is 5.41. The maximum Gasteiger partial charge on any atom is 0.303 e. The van der Waals surface area contributed by atoms with Gasteiger partial charge in [0.25, 0.3) is 0 Å². The zero-order valence-electron chi connectivity index (χ0n) is 22.3. The molecule has 37 heavy (non-hydrogen) atoms. The largest absolute Gasteiger partial charge is 0.458 e. The minimum Gasteiger partial charge on any atom is -0.458 e. The van der Waals surface area contributed by atoms with Crippen LogP contribution in [0, 0.1) is 0 Å². The van der Waals surface area contributed by atoms with Crippen molar-refractivity contribution in [2.45, 2.75) is 95.9 Å². The minimum atomic E-state index is -0.574. The van der Waals surface area contributed by atoms with Gasteiger partial charge in [0.1, 0.15) is 12.4 Å². The number of imidazole rings is 1. The highest BCUT2D eigenvalue weighted by molar-refractivity contribution is 6.31. The highest BCUT2D eigenvalue weighted by Crippen LogP contribution is 2.40. The molecule has 10 heteroatoms. The van der Waals surface area contributed by atoms with E-state index in [9.17, 15) is 4.79 Å². The van der Waals surface area contributed by atoms with Gasteiger partial charge in [-0.15, -0.1) is 0 Å². The quantitative estimate of drug-likeness (QED) is 0.350. The molecule has 0 spiro atoms. The van der Waals surface area contributed by atoms with Crippen molar-refractivity contribution in [2.24, 2.45) is 0 Å². The Balaban J connectivity index is 1.41. The number of hydrogen-bond donors (Lipinski definition) is 1. The maximum atomic E-state index is 12.0. The van der Waals surface area contributed by atoms with Gasteiger partial charge in [0.05, 0.1) is 24.1 Å². The monoisotopic (exact) mass is 521 g/mol. The van der Waals surface area contributed by atoms with Crippen molar-refractivity contribution in [2.75, 3.05) is 5.32 Å². The lowest BCUT2D eigenvalue weighted by molar-refractivity contribution is -0.153. The summed E-state index contributed by atoms with van der Waals surface area (Å²) in [6, 6.07) is 8.66. The predicted molar refractivity (Wildman–Crippen MR) is 141 cm³/mol. The molecule has 196 valence electrons. The van der Waals surface area contributed by atoms with Gasteiger partial charge in [-0.2, -0.15) is 0 Å². The molecular weight excluding hydrogens is 486 g/mol. The number of fused-ring (bicyclic) bond motifs is 2. The number of carbonyl (C=O) groups is 1. The second-order valence-electron chi connectivity index (χ2n) is 11.4. The van der Waals surface area contributed by atoms with Crippen LogP contribution in [0.15, 0.2) is 36.9 Å². The third-order valence-corrected chi connectivity index (χ3v) is 8.10. The van der Waals surface area contributed by atoms with Crippen LogP contribution in [0.2, 0.25) is 5.04 Å². The van der Waals surface area contributed by atoms with Crippen LogP contribution in [0.4, 0.5) is 5.82 Å². The number of benzene rings is 1. The van der Waals surface area contributed by atoms with Gasteiger partial charge in [-0.3, -0.25) is 9.36 Å². The molecule has 1 saturated heterocycles. The zero-order chi connectivity index (χ0) is 26.4. The Morgan fingerprint density at radius 1 is 1.16 bits per heavy atom. The van der Waals surface area contributed by atoms with E-state index >= 15 is 0 Å². The highest BCUT2D eigenvalue weighted by atomic mass is 28.2. The standard InChI is InChI=1S/C27H35N5O4Si/c1-16(33)34-20-13-21(27(5,6)36-37-26(2,3)4)35-25(20)32-15-30-22-23(28-14-29-24(22)32)31-19-12-11-17-9-7-8-10-18(17)19/h7-10,14-15,19-21,25H,11-13H2,1-6H3,(H,28,29,31)/t19-,20-,21+,25+/m0/s1. The van der Waals surface area contributed by atoms with Crippen molar-refractivity contribution in [1.29, 1.82) is 0 Å². The summed E-state index contributed by atoms with van der Waals surface area (Å²) in [6.45, 7) is 11.9. The van der Waals surface area contributed by atoms with Crippen molar-refractivity contribution in [1.82, 2.24) is 19.5 Å². The molecule has 0 saturated carbocycles. The number of esters is 1. The van der Waals surface area contributed by atoms with Crippen molar-refractivity contribution in [3.8, 4) is 0 Å². The first-order chi connectivity index (χ1) is 17.5. The minimum absolute atomic E-state index is 0.0469. The van der Waals surface area contributed by atoms with E-state index in [1.54, 1.807) is 6.33 Å². The van der Waals surface area contributed by atoms with Crippen molar-refractivity contribution in [3.05, 3.63) is 48.0 Å². The molecule has 1 aromatic carbocycles. The molecular formula is C27H35N5O4Si. The molecule has 0 unspecified atom stereocenters. The molecule has 5 rings (SSSR count). The highest BCUT2D eigenvalue weighted by Gasteiger charge is 2.47. The number of rotatable bonds is 7. The molecule has 3 heterocycles. The number of hydrogen-bond acceptors (Lipinski definition) is 8. The summed E-state index contributed by atoms with van der Waals surface area (Å²) < 4.78 is 20.4. The molecule has 3 aromatic rings. The van der Waals surface area contributed by atoms with E-state index in [1.165, 1.54) is 24.4 Å². The Kier molecular flexibility index (Phi) is 6.84. The second-order valence-corrected chi connectivity index (χ2v) is 13.3. The molecule has 1 fully saturated rings. The Morgan fingerprint density at radius 2 is 1.95 bits per heavy atom. The fourth-order valence-corrected chi connectivity index (χ4v) is 5.72. The van der Waals surface area contributed by atoms with Gasteiger partial charge in [-0.1, -0.05) is 45.0 Å². The second kappa shape index (κ2) is 9.81. The average Bonchev–Trinajstić information content (AvgIpc) is 3.55. The lowest BCUT2D eigenvalue weighted by atomic mass is 9.98. The Morgan fingerprint density at radius 3 is 2.70 bits per heavy atom. The van der Waals surface area contributed by atoms with E-state index in [0.717, 1.165) is 12.8 Å². The molecule has 2 aromatic heterocycles. The van der Waals surface area contributed by atoms with Gasteiger partial charge in [0, 0.05) is 13.3 Å². The van der Waals surface area contributed by atoms with Gasteiger partial charge in [0.15, 0.2) is 23.2 Å². The topological polar surface area (TPSA) is 100 Å². The summed E-state index contributed by atoms with van der Waals surface area (Å²) in [6.07, 6.45) is 4.44. The third-order valence-electron chi connectivity index (χ3n) is 6.86. The summed E-state index contributed by atoms with van der Waals surface area (Å²) >= 11 is 0. The molecule has 1 aliphatic carbocycles. The number of anilines is 1. The number of ether oxygens (including phenoxy) is 2. The first-order valence-electron chi connectivity index (χ1n) is 12.8. The molecule has 0 bridgehead atoms. The van der Waals surface area contributed by atoms with Gasteiger partial charge < -0.3 is 19.2 Å². The Bertz CT molecular complexity index is 1290. The molecule has 1 aliphatic heterocycles. The normalized spacial score (nSPS) is 23.8. The fraction of sp³-hybridized carbons (Fsp3) is 0.556. The van der Waals surface area contributed by atoms with E-state index in [2.05, 4.69) is 65.3 Å². The Hall–Kier alpha value is -2.82. The molecule has 2 radical (unpaired) electrons. The van der Waals surface area contributed by atoms with E-state index in [4.69, 9.17) is 13.9 Å². The molecule has 0 amide bonds. The van der Waals surface area contributed by atoms with Crippen molar-refractivity contribution in [3.63, 3.8) is 0 Å². The van der Waals surface area contributed by atoms with E-state index in [-0.39, 0.29) is 23.2 Å². The van der Waals surface area contributed by atoms with E-state index < -0.39 is 17.9 Å². The van der Waals surface area contributed by atoms with E-state index in [0.29, 0.717) is 33.2 Å². The first kappa shape index (κ1) is 25.8. The lowest BCUT2D eigenvalue weighted by Gasteiger charge is -2.33. The molecule has 2 aliphatic rings. The van der Waals surface area contributed by atoms with Crippen molar-refractivity contribution < 1.29 is 18.7 Å². The smallest absolute Gasteiger partial charge is 0.303 e. The number of nitrogens with zero attached hydrogens (tertiary/aromatic N) is 4. The summed E-state index contributed by atoms with van der Waals surface area (Å²) in [5.41, 5.74) is 3.38. The van der Waals surface area contributed by atoms with Crippen LogP contribution in [-0.4, -0.2) is 53.1 Å². The van der Waals surface area contributed by atoms with Gasteiger partial charge in [0.2, 0.25) is 9.76 Å². The van der Waals surface area contributed by atoms with Crippen LogP contribution in [-0.2, 0) is 25.1 Å². The Labute approximate surface area is 220 Å². The fourth-order valence-electron chi connectivity index (χ4n) is 5.02. The van der Waals surface area contributed by atoms with Gasteiger partial charge >= 0.3 is 5.97 Å². The van der Waals surface area contributed by atoms with Crippen molar-refractivity contribution >= 4 is 32.7 Å². The predicted octanol–water partition coefficient (Wildman–Crippen LogP) is 4.78. The number of aromatic nitrogens is 4. The number of carbonyl (C=O) groups excluding carboxylic acids is 1. The number of nitrogens with one attached hydrogen (secondary N) is 1. The first-order valence-corrected chi connectivity index (χ1v) is 13.7. The number of aryl methyl sites for hydroxylation is 1. The van der Waals surface area contributed by atoms with Crippen LogP contribution >= 0.6 is 0 Å². The van der Waals surface area contributed by atoms with Crippen LogP contribution in [0.25, 0.3) is 11.2 Å². The maximum absolute atomic E-state index is 12.0. The van der Waals surface area contributed by atoms with Crippen LogP contribution < -0.4 is 5.32 Å². The van der Waals surface area contributed by atoms with Crippen LogP contribution in [0.3, 0.4) is 0 Å². The molecule has 1 N–H and O–H groups in total. The van der Waals surface area contributed by atoms with E-state index in [1.807, 2.05) is 18.4 Å². The summed E-state index contributed by atoms with van der Waals surface area (Å²) in [4.78, 5) is 25.7. The summed E-state index contributed by atoms with van der Waals surface area (Å²) in [5.74, 6) is 0.329. The van der Waals surface area contributed by atoms with Crippen LogP contribution in [0.1, 0.15) is 77.8 Å². The van der Waals surface area contributed by atoms with Crippen LogP contribution in [0.5, 0.6) is 0 Å². The summed E-state index contributed by atoms with van der Waals surface area (Å²) in [7, 11) is 0.309. The molecule has 9 nitrogen and oxygen atoms in total. The van der Waals surface area contributed by atoms with Gasteiger partial charge in [-0.05, 0) is 42.9 Å². The lowest BCUT2D eigenvalue weighted by Crippen LogP contribution is -2.41. The molecule has 4 atom stereocenters. The van der Waals surface area contributed by atoms with Gasteiger partial charge in [-0.25, -0.2) is 15.0 Å². The summed E-state index contributed by atoms with van der Waals surface area (Å²) in [5, 5.41) is 3.63. The average molecular weight is 522 g/mol. The SMILES string of the molecule is CC(=O)O[C@H]1C[C@H](C(C)(C)O[Si]C(C)(C)C)O[C@H]1n1cnc2c(N[C@H]3CCc4ccccc43)ncnc21.